The molecule has 29 heavy (non-hydrogen) atoms. The van der Waals surface area contributed by atoms with Crippen LogP contribution < -0.4 is 4.90 Å². The zero-order valence-electron chi connectivity index (χ0n) is 16.8. The number of aromatic amines is 1. The highest BCUT2D eigenvalue weighted by Crippen LogP contribution is 2.22. The standard InChI is InChI=1S/C22H28N6O/c1-2-6-20-19(5-1)25-21(26-20)14-17-4-3-9-27(15-17)16-18-7-8-23-22(24-18)28-10-12-29-13-11-28/h1-2,5-8,17H,3-4,9-16H2,(H,25,26)/t17-/m0/s1. The summed E-state index contributed by atoms with van der Waals surface area (Å²) in [5.41, 5.74) is 3.30. The second-order valence-corrected chi connectivity index (χ2v) is 8.10. The second-order valence-electron chi connectivity index (χ2n) is 8.10. The first-order valence-electron chi connectivity index (χ1n) is 10.6. The van der Waals surface area contributed by atoms with Crippen molar-refractivity contribution >= 4 is 17.0 Å². The van der Waals surface area contributed by atoms with Crippen LogP contribution in [-0.2, 0) is 17.7 Å². The van der Waals surface area contributed by atoms with Gasteiger partial charge >= 0.3 is 0 Å². The summed E-state index contributed by atoms with van der Waals surface area (Å²) in [4.78, 5) is 22.3. The number of nitrogens with one attached hydrogen (secondary N) is 1. The number of H-pyrrole nitrogens is 1. The third-order valence-electron chi connectivity index (χ3n) is 5.90. The normalized spacial score (nSPS) is 21.0. The number of ether oxygens (including phenoxy) is 1. The van der Waals surface area contributed by atoms with Crippen molar-refractivity contribution in [3.63, 3.8) is 0 Å². The number of aromatic nitrogens is 4. The van der Waals surface area contributed by atoms with Gasteiger partial charge in [0.15, 0.2) is 0 Å². The number of nitrogens with zero attached hydrogens (tertiary/aromatic N) is 5. The molecule has 7 nitrogen and oxygen atoms in total. The molecule has 3 aromatic rings. The molecule has 0 spiro atoms. The molecule has 0 bridgehead atoms. The Morgan fingerprint density at radius 3 is 2.86 bits per heavy atom. The molecule has 2 aliphatic heterocycles. The Kier molecular flexibility index (Phi) is 5.41. The molecule has 0 saturated carbocycles. The molecule has 2 saturated heterocycles. The lowest BCUT2D eigenvalue weighted by molar-refractivity contribution is 0.122. The molecule has 0 unspecified atom stereocenters. The van der Waals surface area contributed by atoms with Gasteiger partial charge in [-0.15, -0.1) is 0 Å². The molecule has 0 amide bonds. The fourth-order valence-corrected chi connectivity index (χ4v) is 4.45. The predicted octanol–water partition coefficient (Wildman–Crippen LogP) is 2.64. The summed E-state index contributed by atoms with van der Waals surface area (Å²) in [6, 6.07) is 10.3. The molecular weight excluding hydrogens is 364 g/mol. The van der Waals surface area contributed by atoms with Crippen molar-refractivity contribution in [1.29, 1.82) is 0 Å². The van der Waals surface area contributed by atoms with Crippen LogP contribution in [0.4, 0.5) is 5.95 Å². The first-order valence-corrected chi connectivity index (χ1v) is 10.6. The highest BCUT2D eigenvalue weighted by molar-refractivity contribution is 5.74. The minimum atomic E-state index is 0.630. The molecule has 152 valence electrons. The van der Waals surface area contributed by atoms with Crippen LogP contribution in [0.3, 0.4) is 0 Å². The van der Waals surface area contributed by atoms with Crippen LogP contribution >= 0.6 is 0 Å². The van der Waals surface area contributed by atoms with Gasteiger partial charge < -0.3 is 14.6 Å². The minimum absolute atomic E-state index is 0.630. The van der Waals surface area contributed by atoms with Gasteiger partial charge in [-0.25, -0.2) is 15.0 Å². The Morgan fingerprint density at radius 1 is 1.07 bits per heavy atom. The average molecular weight is 393 g/mol. The minimum Gasteiger partial charge on any atom is -0.378 e. The number of imidazole rings is 1. The molecule has 2 aromatic heterocycles. The van der Waals surface area contributed by atoms with Gasteiger partial charge in [0.05, 0.1) is 29.9 Å². The lowest BCUT2D eigenvalue weighted by Crippen LogP contribution is -2.38. The maximum Gasteiger partial charge on any atom is 0.225 e. The molecule has 0 radical (unpaired) electrons. The van der Waals surface area contributed by atoms with Crippen molar-refractivity contribution in [3.8, 4) is 0 Å². The van der Waals surface area contributed by atoms with Crippen molar-refractivity contribution in [3.05, 3.63) is 48.0 Å². The van der Waals surface area contributed by atoms with E-state index < -0.39 is 0 Å². The highest BCUT2D eigenvalue weighted by Gasteiger charge is 2.22. The number of anilines is 1. The van der Waals surface area contributed by atoms with E-state index in [-0.39, 0.29) is 0 Å². The Bertz CT molecular complexity index is 918. The molecule has 4 heterocycles. The van der Waals surface area contributed by atoms with E-state index in [1.165, 1.54) is 12.8 Å². The van der Waals surface area contributed by atoms with E-state index in [0.29, 0.717) is 5.92 Å². The van der Waals surface area contributed by atoms with Gasteiger partial charge in [-0.2, -0.15) is 0 Å². The van der Waals surface area contributed by atoms with E-state index >= 15 is 0 Å². The Hall–Kier alpha value is -2.51. The Morgan fingerprint density at radius 2 is 1.97 bits per heavy atom. The fraction of sp³-hybridized carbons (Fsp3) is 0.500. The first kappa shape index (κ1) is 18.5. The Balaban J connectivity index is 1.22. The number of piperidine rings is 1. The van der Waals surface area contributed by atoms with Gasteiger partial charge in [0.25, 0.3) is 0 Å². The van der Waals surface area contributed by atoms with E-state index in [9.17, 15) is 0 Å². The van der Waals surface area contributed by atoms with Crippen molar-refractivity contribution in [1.82, 2.24) is 24.8 Å². The van der Waals surface area contributed by atoms with Crippen LogP contribution in [0.25, 0.3) is 11.0 Å². The third-order valence-corrected chi connectivity index (χ3v) is 5.90. The highest BCUT2D eigenvalue weighted by atomic mass is 16.5. The van der Waals surface area contributed by atoms with Crippen LogP contribution in [0.2, 0.25) is 0 Å². The number of hydrogen-bond acceptors (Lipinski definition) is 6. The summed E-state index contributed by atoms with van der Waals surface area (Å²) in [7, 11) is 0. The smallest absolute Gasteiger partial charge is 0.225 e. The zero-order valence-corrected chi connectivity index (χ0v) is 16.8. The van der Waals surface area contributed by atoms with Gasteiger partial charge in [-0.1, -0.05) is 12.1 Å². The molecular formula is C22H28N6O. The quantitative estimate of drug-likeness (QED) is 0.720. The average Bonchev–Trinajstić information content (AvgIpc) is 3.17. The SMILES string of the molecule is c1ccc2[nH]c(C[C@@H]3CCCN(Cc4ccnc(N5CCOCC5)n4)C3)nc2c1. The van der Waals surface area contributed by atoms with Gasteiger partial charge in [0, 0.05) is 38.8 Å². The van der Waals surface area contributed by atoms with E-state index in [0.717, 1.165) is 80.9 Å². The van der Waals surface area contributed by atoms with Crippen molar-refractivity contribution in [2.75, 3.05) is 44.3 Å². The maximum atomic E-state index is 5.44. The summed E-state index contributed by atoms with van der Waals surface area (Å²) in [6.07, 6.45) is 5.39. The molecule has 7 heteroatoms. The first-order chi connectivity index (χ1) is 14.3. The number of benzene rings is 1. The van der Waals surface area contributed by atoms with Gasteiger partial charge in [0.1, 0.15) is 5.82 Å². The largest absolute Gasteiger partial charge is 0.378 e. The fourth-order valence-electron chi connectivity index (χ4n) is 4.45. The molecule has 5 rings (SSSR count). The summed E-state index contributed by atoms with van der Waals surface area (Å²) in [5.74, 6) is 2.57. The van der Waals surface area contributed by atoms with Gasteiger partial charge in [-0.05, 0) is 43.5 Å². The van der Waals surface area contributed by atoms with Crippen molar-refractivity contribution in [2.45, 2.75) is 25.8 Å². The molecule has 2 aliphatic rings. The summed E-state index contributed by atoms with van der Waals surface area (Å²) < 4.78 is 5.44. The molecule has 1 atom stereocenters. The van der Waals surface area contributed by atoms with Crippen LogP contribution in [0.15, 0.2) is 36.5 Å². The molecule has 1 aromatic carbocycles. The van der Waals surface area contributed by atoms with Crippen molar-refractivity contribution < 1.29 is 4.74 Å². The van der Waals surface area contributed by atoms with E-state index in [2.05, 4.69) is 38.0 Å². The number of morpholine rings is 1. The molecule has 2 fully saturated rings. The summed E-state index contributed by atoms with van der Waals surface area (Å²) >= 11 is 0. The topological polar surface area (TPSA) is 70.2 Å². The summed E-state index contributed by atoms with van der Waals surface area (Å²) in [5, 5.41) is 0. The third kappa shape index (κ3) is 4.41. The van der Waals surface area contributed by atoms with E-state index in [1.807, 2.05) is 18.3 Å². The number of rotatable bonds is 5. The lowest BCUT2D eigenvalue weighted by Gasteiger charge is -2.32. The van der Waals surface area contributed by atoms with Crippen LogP contribution in [0.5, 0.6) is 0 Å². The second kappa shape index (κ2) is 8.47. The van der Waals surface area contributed by atoms with E-state index in [4.69, 9.17) is 14.7 Å². The van der Waals surface area contributed by atoms with Gasteiger partial charge in [0.2, 0.25) is 5.95 Å². The van der Waals surface area contributed by atoms with Crippen LogP contribution in [-0.4, -0.2) is 64.2 Å². The van der Waals surface area contributed by atoms with Crippen LogP contribution in [0.1, 0.15) is 24.4 Å². The monoisotopic (exact) mass is 392 g/mol. The lowest BCUT2D eigenvalue weighted by atomic mass is 9.94. The molecule has 0 aliphatic carbocycles. The number of fused-ring (bicyclic) bond motifs is 1. The number of hydrogen-bond donors (Lipinski definition) is 1. The predicted molar refractivity (Wildman–Crippen MR) is 113 cm³/mol. The Labute approximate surface area is 171 Å². The molecule has 1 N–H and O–H groups in total. The van der Waals surface area contributed by atoms with Crippen LogP contribution in [0, 0.1) is 5.92 Å². The zero-order chi connectivity index (χ0) is 19.5. The van der Waals surface area contributed by atoms with Gasteiger partial charge in [-0.3, -0.25) is 4.90 Å². The number of likely N-dealkylation sites (tertiary alicyclic amines) is 1. The maximum absolute atomic E-state index is 5.44. The van der Waals surface area contributed by atoms with E-state index in [1.54, 1.807) is 0 Å². The number of para-hydroxylation sites is 2. The van der Waals surface area contributed by atoms with Crippen molar-refractivity contribution in [2.24, 2.45) is 5.92 Å². The summed E-state index contributed by atoms with van der Waals surface area (Å²) in [6.45, 7) is 6.35.